The second kappa shape index (κ2) is 9.10. The summed E-state index contributed by atoms with van der Waals surface area (Å²) in [5.74, 6) is 5.72. The summed E-state index contributed by atoms with van der Waals surface area (Å²) in [7, 11) is 0. The second-order valence-electron chi connectivity index (χ2n) is 10.1. The molecular weight excluding hydrogens is 331 g/mol. The average molecular weight is 371 g/mol. The molecule has 1 aromatic carbocycles. The molecule has 0 aliphatic heterocycles. The molecule has 27 heavy (non-hydrogen) atoms. The molecule has 2 unspecified atom stereocenters. The van der Waals surface area contributed by atoms with Crippen LogP contribution in [-0.2, 0) is 0 Å². The molecule has 4 rings (SSSR count). The lowest BCUT2D eigenvalue weighted by Gasteiger charge is -2.39. The van der Waals surface area contributed by atoms with Crippen LogP contribution in [0.15, 0.2) is 24.3 Å². The largest absolute Gasteiger partial charge is 0.207 e. The Morgan fingerprint density at radius 3 is 1.81 bits per heavy atom. The maximum atomic E-state index is 13.2. The zero-order valence-electron chi connectivity index (χ0n) is 17.3. The molecule has 0 bridgehead atoms. The van der Waals surface area contributed by atoms with E-state index in [0.717, 1.165) is 29.6 Å². The van der Waals surface area contributed by atoms with E-state index in [-0.39, 0.29) is 5.82 Å². The van der Waals surface area contributed by atoms with Crippen molar-refractivity contribution in [3.8, 4) is 0 Å². The third-order valence-electron chi connectivity index (χ3n) is 8.54. The highest BCUT2D eigenvalue weighted by atomic mass is 19.1. The van der Waals surface area contributed by atoms with Gasteiger partial charge in [0.25, 0.3) is 0 Å². The summed E-state index contributed by atoms with van der Waals surface area (Å²) < 4.78 is 13.2. The number of hydrogen-bond donors (Lipinski definition) is 0. The highest BCUT2D eigenvalue weighted by molar-refractivity contribution is 5.21. The van der Waals surface area contributed by atoms with Crippen molar-refractivity contribution in [1.29, 1.82) is 0 Å². The smallest absolute Gasteiger partial charge is 0.123 e. The molecule has 0 heterocycles. The average Bonchev–Trinajstić information content (AvgIpc) is 3.18. The van der Waals surface area contributed by atoms with Gasteiger partial charge in [0.2, 0.25) is 0 Å². The molecular formula is C26H39F. The van der Waals surface area contributed by atoms with Crippen molar-refractivity contribution < 1.29 is 4.39 Å². The van der Waals surface area contributed by atoms with E-state index >= 15 is 0 Å². The van der Waals surface area contributed by atoms with Gasteiger partial charge in [-0.05, 0) is 117 Å². The molecule has 2 atom stereocenters. The van der Waals surface area contributed by atoms with Gasteiger partial charge in [-0.2, -0.15) is 0 Å². The fourth-order valence-electron chi connectivity index (χ4n) is 6.96. The van der Waals surface area contributed by atoms with Gasteiger partial charge in [0.15, 0.2) is 0 Å². The van der Waals surface area contributed by atoms with E-state index in [4.69, 9.17) is 0 Å². The van der Waals surface area contributed by atoms with Crippen LogP contribution in [0.3, 0.4) is 0 Å². The molecule has 0 saturated heterocycles. The number of hydrogen-bond acceptors (Lipinski definition) is 0. The number of halogens is 1. The lowest BCUT2D eigenvalue weighted by Crippen LogP contribution is -2.27. The molecule has 3 aliphatic carbocycles. The van der Waals surface area contributed by atoms with Crippen LogP contribution in [0.1, 0.15) is 102 Å². The minimum absolute atomic E-state index is 0.104. The Morgan fingerprint density at radius 1 is 0.704 bits per heavy atom. The van der Waals surface area contributed by atoms with Gasteiger partial charge in [-0.1, -0.05) is 38.3 Å². The van der Waals surface area contributed by atoms with Gasteiger partial charge in [-0.15, -0.1) is 0 Å². The maximum Gasteiger partial charge on any atom is 0.123 e. The first kappa shape index (κ1) is 19.5. The van der Waals surface area contributed by atoms with Crippen LogP contribution in [0.2, 0.25) is 0 Å². The minimum atomic E-state index is -0.104. The Kier molecular flexibility index (Phi) is 6.56. The molecule has 1 heteroatoms. The van der Waals surface area contributed by atoms with Crippen molar-refractivity contribution in [1.82, 2.24) is 0 Å². The summed E-state index contributed by atoms with van der Waals surface area (Å²) >= 11 is 0. The summed E-state index contributed by atoms with van der Waals surface area (Å²) in [5.41, 5.74) is 1.36. The summed E-state index contributed by atoms with van der Waals surface area (Å²) in [4.78, 5) is 0. The van der Waals surface area contributed by atoms with Crippen LogP contribution in [0.4, 0.5) is 4.39 Å². The molecule has 0 spiro atoms. The SMILES string of the molecule is CCCC1CCC(C2CCC(C3CCC(c4ccc(F)cc4)CC3)CC2)C1. The molecule has 3 aliphatic rings. The predicted octanol–water partition coefficient (Wildman–Crippen LogP) is 8.12. The van der Waals surface area contributed by atoms with Crippen molar-refractivity contribution in [2.45, 2.75) is 96.3 Å². The highest BCUT2D eigenvalue weighted by Crippen LogP contribution is 2.48. The maximum absolute atomic E-state index is 13.2. The van der Waals surface area contributed by atoms with Crippen LogP contribution in [0, 0.1) is 35.4 Å². The van der Waals surface area contributed by atoms with E-state index in [1.165, 1.54) is 82.6 Å². The van der Waals surface area contributed by atoms with Gasteiger partial charge in [0.1, 0.15) is 5.82 Å². The number of benzene rings is 1. The van der Waals surface area contributed by atoms with Crippen molar-refractivity contribution in [2.24, 2.45) is 29.6 Å². The normalized spacial score (nSPS) is 37.4. The first-order chi connectivity index (χ1) is 13.2. The molecule has 3 fully saturated rings. The molecule has 0 aromatic heterocycles. The van der Waals surface area contributed by atoms with E-state index in [9.17, 15) is 4.39 Å². The Balaban J connectivity index is 1.21. The molecule has 0 nitrogen and oxygen atoms in total. The zero-order valence-corrected chi connectivity index (χ0v) is 17.3. The Morgan fingerprint density at radius 2 is 1.22 bits per heavy atom. The molecule has 0 N–H and O–H groups in total. The van der Waals surface area contributed by atoms with Gasteiger partial charge in [-0.25, -0.2) is 4.39 Å². The van der Waals surface area contributed by atoms with Gasteiger partial charge in [0, 0.05) is 0 Å². The first-order valence-electron chi connectivity index (χ1n) is 12.0. The topological polar surface area (TPSA) is 0 Å². The fraction of sp³-hybridized carbons (Fsp3) is 0.769. The monoisotopic (exact) mass is 370 g/mol. The Hall–Kier alpha value is -0.850. The third-order valence-corrected chi connectivity index (χ3v) is 8.54. The van der Waals surface area contributed by atoms with E-state index in [0.29, 0.717) is 5.92 Å². The lowest BCUT2D eigenvalue weighted by atomic mass is 9.66. The van der Waals surface area contributed by atoms with E-state index in [1.807, 2.05) is 12.1 Å². The highest BCUT2D eigenvalue weighted by Gasteiger charge is 2.36. The first-order valence-corrected chi connectivity index (χ1v) is 12.0. The van der Waals surface area contributed by atoms with Crippen LogP contribution < -0.4 is 0 Å². The summed E-state index contributed by atoms with van der Waals surface area (Å²) in [6, 6.07) is 7.30. The standard InChI is InChI=1S/C26H39F/c1-2-3-19-4-5-25(18-19)24-12-10-21(11-13-24)20-6-8-22(9-7-20)23-14-16-26(27)17-15-23/h14-17,19-22,24-25H,2-13,18H2,1H3. The summed E-state index contributed by atoms with van der Waals surface area (Å²) in [5, 5.41) is 0. The zero-order chi connectivity index (χ0) is 18.6. The second-order valence-corrected chi connectivity index (χ2v) is 10.1. The lowest BCUT2D eigenvalue weighted by molar-refractivity contribution is 0.134. The fourth-order valence-corrected chi connectivity index (χ4v) is 6.96. The minimum Gasteiger partial charge on any atom is -0.207 e. The summed E-state index contributed by atoms with van der Waals surface area (Å²) in [6.07, 6.45) is 18.9. The molecule has 0 radical (unpaired) electrons. The Bertz CT molecular complexity index is 560. The van der Waals surface area contributed by atoms with E-state index < -0.39 is 0 Å². The quantitative estimate of drug-likeness (QED) is 0.491. The van der Waals surface area contributed by atoms with Gasteiger partial charge < -0.3 is 0 Å². The third kappa shape index (κ3) is 4.77. The molecule has 3 saturated carbocycles. The van der Waals surface area contributed by atoms with Crippen molar-refractivity contribution >= 4 is 0 Å². The molecule has 0 amide bonds. The van der Waals surface area contributed by atoms with Gasteiger partial charge in [0.05, 0.1) is 0 Å². The van der Waals surface area contributed by atoms with E-state index in [1.54, 1.807) is 18.6 Å². The number of rotatable bonds is 5. The van der Waals surface area contributed by atoms with Crippen LogP contribution in [0.5, 0.6) is 0 Å². The van der Waals surface area contributed by atoms with Crippen molar-refractivity contribution in [3.63, 3.8) is 0 Å². The van der Waals surface area contributed by atoms with Crippen molar-refractivity contribution in [3.05, 3.63) is 35.6 Å². The van der Waals surface area contributed by atoms with Crippen LogP contribution >= 0.6 is 0 Å². The molecule has 150 valence electrons. The Labute approximate surface area is 166 Å². The van der Waals surface area contributed by atoms with Crippen molar-refractivity contribution in [2.75, 3.05) is 0 Å². The van der Waals surface area contributed by atoms with Crippen LogP contribution in [-0.4, -0.2) is 0 Å². The summed E-state index contributed by atoms with van der Waals surface area (Å²) in [6.45, 7) is 2.35. The van der Waals surface area contributed by atoms with Gasteiger partial charge in [-0.3, -0.25) is 0 Å². The van der Waals surface area contributed by atoms with Gasteiger partial charge >= 0.3 is 0 Å². The van der Waals surface area contributed by atoms with Crippen LogP contribution in [0.25, 0.3) is 0 Å². The predicted molar refractivity (Wildman–Crippen MR) is 112 cm³/mol. The van der Waals surface area contributed by atoms with E-state index in [2.05, 4.69) is 6.92 Å². The molecule has 1 aromatic rings.